The molecule has 0 bridgehead atoms. The van der Waals surface area contributed by atoms with E-state index in [4.69, 9.17) is 5.73 Å². The Hall–Kier alpha value is -1.48. The van der Waals surface area contributed by atoms with E-state index in [9.17, 15) is 5.11 Å². The zero-order chi connectivity index (χ0) is 11.7. The van der Waals surface area contributed by atoms with E-state index in [2.05, 4.69) is 18.8 Å². The molecule has 0 unspecified atom stereocenters. The van der Waals surface area contributed by atoms with Crippen LogP contribution in [0.25, 0.3) is 10.9 Å². The number of aromatic hydroxyl groups is 1. The third-order valence-corrected chi connectivity index (χ3v) is 2.97. The Bertz CT molecular complexity index is 500. The number of phenols is 1. The van der Waals surface area contributed by atoms with Gasteiger partial charge in [0.2, 0.25) is 0 Å². The number of fused-ring (bicyclic) bond motifs is 1. The maximum Gasteiger partial charge on any atom is 0.128 e. The maximum atomic E-state index is 10.3. The van der Waals surface area contributed by atoms with E-state index in [1.165, 1.54) is 0 Å². The number of rotatable bonds is 3. The molecule has 0 saturated carbocycles. The van der Waals surface area contributed by atoms with Gasteiger partial charge in [-0.1, -0.05) is 19.9 Å². The molecule has 0 radical (unpaired) electrons. The number of nitrogens with two attached hydrogens (primary N) is 1. The highest BCUT2D eigenvalue weighted by atomic mass is 16.3. The second-order valence-electron chi connectivity index (χ2n) is 4.43. The Labute approximate surface area is 95.3 Å². The topological polar surface area (TPSA) is 62.0 Å². The highest BCUT2D eigenvalue weighted by molar-refractivity contribution is 5.90. The van der Waals surface area contributed by atoms with Gasteiger partial charge in [0.1, 0.15) is 5.75 Å². The Morgan fingerprint density at radius 2 is 2.12 bits per heavy atom. The van der Waals surface area contributed by atoms with Gasteiger partial charge < -0.3 is 15.8 Å². The molecule has 0 atom stereocenters. The van der Waals surface area contributed by atoms with Gasteiger partial charge in [-0.3, -0.25) is 0 Å². The molecule has 0 amide bonds. The van der Waals surface area contributed by atoms with Crippen molar-refractivity contribution in [2.75, 3.05) is 6.54 Å². The fraction of sp³-hybridized carbons (Fsp3) is 0.385. The van der Waals surface area contributed by atoms with Crippen LogP contribution >= 0.6 is 0 Å². The highest BCUT2D eigenvalue weighted by Gasteiger charge is 2.13. The normalized spacial score (nSPS) is 11.5. The molecule has 1 heterocycles. The Balaban J connectivity index is 2.65. The summed E-state index contributed by atoms with van der Waals surface area (Å²) in [5, 5.41) is 11.2. The fourth-order valence-electron chi connectivity index (χ4n) is 2.11. The van der Waals surface area contributed by atoms with E-state index in [0.29, 0.717) is 18.2 Å². The van der Waals surface area contributed by atoms with Gasteiger partial charge in [-0.15, -0.1) is 0 Å². The van der Waals surface area contributed by atoms with E-state index < -0.39 is 0 Å². The Morgan fingerprint density at radius 1 is 1.38 bits per heavy atom. The SMILES string of the molecule is CC(C)c1ccc2[nH]cc(CCN)c2c1O. The van der Waals surface area contributed by atoms with Crippen LogP contribution in [0.1, 0.15) is 30.9 Å². The van der Waals surface area contributed by atoms with Crippen LogP contribution in [0.4, 0.5) is 0 Å². The van der Waals surface area contributed by atoms with Crippen LogP contribution in [0.3, 0.4) is 0 Å². The van der Waals surface area contributed by atoms with Gasteiger partial charge in [0.05, 0.1) is 0 Å². The largest absolute Gasteiger partial charge is 0.507 e. The zero-order valence-electron chi connectivity index (χ0n) is 9.75. The summed E-state index contributed by atoms with van der Waals surface area (Å²) >= 11 is 0. The van der Waals surface area contributed by atoms with Crippen LogP contribution in [0.5, 0.6) is 5.75 Å². The van der Waals surface area contributed by atoms with Crippen LogP contribution in [0, 0.1) is 0 Å². The van der Waals surface area contributed by atoms with Gasteiger partial charge >= 0.3 is 0 Å². The van der Waals surface area contributed by atoms with E-state index in [1.807, 2.05) is 18.3 Å². The van der Waals surface area contributed by atoms with E-state index in [1.54, 1.807) is 0 Å². The minimum atomic E-state index is 0.324. The first-order chi connectivity index (χ1) is 7.65. The summed E-state index contributed by atoms with van der Waals surface area (Å²) in [6.45, 7) is 4.75. The number of H-pyrrole nitrogens is 1. The van der Waals surface area contributed by atoms with Crippen molar-refractivity contribution in [1.29, 1.82) is 0 Å². The Kier molecular flexibility index (Phi) is 2.88. The summed E-state index contributed by atoms with van der Waals surface area (Å²) in [6.07, 6.45) is 2.72. The first-order valence-electron chi connectivity index (χ1n) is 5.67. The second-order valence-corrected chi connectivity index (χ2v) is 4.43. The number of aromatic amines is 1. The average Bonchev–Trinajstić information content (AvgIpc) is 2.63. The van der Waals surface area contributed by atoms with Crippen molar-refractivity contribution in [3.8, 4) is 5.75 Å². The van der Waals surface area contributed by atoms with Crippen LogP contribution in [0.2, 0.25) is 0 Å². The van der Waals surface area contributed by atoms with Crippen molar-refractivity contribution in [2.45, 2.75) is 26.2 Å². The number of hydrogen-bond acceptors (Lipinski definition) is 2. The molecule has 2 aromatic rings. The summed E-state index contributed by atoms with van der Waals surface area (Å²) in [6, 6.07) is 4.00. The average molecular weight is 218 g/mol. The molecule has 86 valence electrons. The number of phenolic OH excluding ortho intramolecular Hbond substituents is 1. The van der Waals surface area contributed by atoms with Gasteiger partial charge in [-0.05, 0) is 36.1 Å². The van der Waals surface area contributed by atoms with E-state index in [0.717, 1.165) is 28.5 Å². The summed E-state index contributed by atoms with van der Waals surface area (Å²) in [4.78, 5) is 3.16. The zero-order valence-corrected chi connectivity index (χ0v) is 9.75. The number of aromatic nitrogens is 1. The van der Waals surface area contributed by atoms with Gasteiger partial charge in [0.15, 0.2) is 0 Å². The lowest BCUT2D eigenvalue weighted by Crippen LogP contribution is -2.02. The van der Waals surface area contributed by atoms with Crippen molar-refractivity contribution in [3.05, 3.63) is 29.5 Å². The highest BCUT2D eigenvalue weighted by Crippen LogP contribution is 2.35. The number of benzene rings is 1. The van der Waals surface area contributed by atoms with Crippen LogP contribution in [-0.2, 0) is 6.42 Å². The third kappa shape index (κ3) is 1.67. The number of hydrogen-bond donors (Lipinski definition) is 3. The maximum absolute atomic E-state index is 10.3. The molecule has 16 heavy (non-hydrogen) atoms. The predicted octanol–water partition coefficient (Wildman–Crippen LogP) is 2.50. The van der Waals surface area contributed by atoms with Crippen molar-refractivity contribution >= 4 is 10.9 Å². The van der Waals surface area contributed by atoms with E-state index >= 15 is 0 Å². The third-order valence-electron chi connectivity index (χ3n) is 2.97. The standard InChI is InChI=1S/C13H18N2O/c1-8(2)10-3-4-11-12(13(10)16)9(5-6-14)7-15-11/h3-4,7-8,15-16H,5-6,14H2,1-2H3. The minimum absolute atomic E-state index is 0.324. The molecule has 0 aliphatic rings. The molecular formula is C13H18N2O. The molecule has 1 aromatic carbocycles. The van der Waals surface area contributed by atoms with E-state index in [-0.39, 0.29) is 0 Å². The lowest BCUT2D eigenvalue weighted by molar-refractivity contribution is 0.471. The molecule has 0 aliphatic carbocycles. The van der Waals surface area contributed by atoms with Gasteiger partial charge in [-0.2, -0.15) is 0 Å². The summed E-state index contributed by atoms with van der Waals surface area (Å²) in [7, 11) is 0. The van der Waals surface area contributed by atoms with Crippen LogP contribution < -0.4 is 5.73 Å². The van der Waals surface area contributed by atoms with Crippen molar-refractivity contribution in [3.63, 3.8) is 0 Å². The van der Waals surface area contributed by atoms with Crippen molar-refractivity contribution in [2.24, 2.45) is 5.73 Å². The molecule has 0 spiro atoms. The molecular weight excluding hydrogens is 200 g/mol. The predicted molar refractivity (Wildman–Crippen MR) is 66.8 cm³/mol. The van der Waals surface area contributed by atoms with Crippen LogP contribution in [-0.4, -0.2) is 16.6 Å². The lowest BCUT2D eigenvalue weighted by atomic mass is 9.98. The molecule has 4 N–H and O–H groups in total. The molecule has 0 aliphatic heterocycles. The first kappa shape index (κ1) is 11.0. The summed E-state index contributed by atoms with van der Waals surface area (Å²) < 4.78 is 0. The summed E-state index contributed by atoms with van der Waals surface area (Å²) in [5.74, 6) is 0.724. The van der Waals surface area contributed by atoms with Crippen molar-refractivity contribution in [1.82, 2.24) is 4.98 Å². The molecule has 0 fully saturated rings. The van der Waals surface area contributed by atoms with Crippen molar-refractivity contribution < 1.29 is 5.11 Å². The Morgan fingerprint density at radius 3 is 2.75 bits per heavy atom. The smallest absolute Gasteiger partial charge is 0.128 e. The molecule has 0 saturated heterocycles. The minimum Gasteiger partial charge on any atom is -0.507 e. The summed E-state index contributed by atoms with van der Waals surface area (Å²) in [5.41, 5.74) is 8.63. The van der Waals surface area contributed by atoms with Gasteiger partial charge in [0, 0.05) is 17.1 Å². The molecule has 3 heteroatoms. The van der Waals surface area contributed by atoms with Crippen LogP contribution in [0.15, 0.2) is 18.3 Å². The molecule has 3 nitrogen and oxygen atoms in total. The lowest BCUT2D eigenvalue weighted by Gasteiger charge is -2.09. The van der Waals surface area contributed by atoms with Gasteiger partial charge in [0.25, 0.3) is 0 Å². The number of nitrogens with one attached hydrogen (secondary N) is 1. The molecule has 2 rings (SSSR count). The first-order valence-corrected chi connectivity index (χ1v) is 5.67. The fourth-order valence-corrected chi connectivity index (χ4v) is 2.11. The quantitative estimate of drug-likeness (QED) is 0.741. The molecule has 1 aromatic heterocycles. The monoisotopic (exact) mass is 218 g/mol. The second kappa shape index (κ2) is 4.18. The van der Waals surface area contributed by atoms with Gasteiger partial charge in [-0.25, -0.2) is 0 Å².